The molecule has 0 bridgehead atoms. The minimum absolute atomic E-state index is 0.0155. The molecule has 41 heavy (non-hydrogen) atoms. The summed E-state index contributed by atoms with van der Waals surface area (Å²) in [6.45, 7) is -1.97. The topological polar surface area (TPSA) is 107 Å². The van der Waals surface area contributed by atoms with Crippen LogP contribution in [0, 0.1) is 11.6 Å². The largest absolute Gasteiger partial charge is 0.454 e. The lowest BCUT2D eigenvalue weighted by molar-refractivity contribution is -0.140. The van der Waals surface area contributed by atoms with Crippen molar-refractivity contribution in [2.45, 2.75) is 18.9 Å². The summed E-state index contributed by atoms with van der Waals surface area (Å²) >= 11 is 0. The third kappa shape index (κ3) is 6.11. The number of pyridine rings is 1. The number of carbonyl (C=O) groups excluding carboxylic acids is 2. The van der Waals surface area contributed by atoms with E-state index in [4.69, 9.17) is 4.74 Å². The van der Waals surface area contributed by atoms with Crippen molar-refractivity contribution in [1.82, 2.24) is 9.88 Å². The number of carbonyl (C=O) groups is 2. The maximum Gasteiger partial charge on any atom is 0.406 e. The molecule has 2 aromatic carbocycles. The van der Waals surface area contributed by atoms with Gasteiger partial charge in [-0.1, -0.05) is 0 Å². The summed E-state index contributed by atoms with van der Waals surface area (Å²) in [5.41, 5.74) is 0.508. The van der Waals surface area contributed by atoms with E-state index in [9.17, 15) is 36.6 Å². The number of anilines is 3. The summed E-state index contributed by atoms with van der Waals surface area (Å²) in [5, 5.41) is 15.5. The molecule has 212 valence electrons. The van der Waals surface area contributed by atoms with Gasteiger partial charge >= 0.3 is 12.2 Å². The van der Waals surface area contributed by atoms with Gasteiger partial charge in [-0.3, -0.25) is 10.1 Å². The number of aromatic nitrogens is 1. The number of nitrogens with one attached hydrogen (secondary N) is 2. The van der Waals surface area contributed by atoms with Gasteiger partial charge in [0.05, 0.1) is 17.7 Å². The molecule has 0 radical (unpaired) electrons. The molecule has 3 amide bonds. The lowest BCUT2D eigenvalue weighted by Gasteiger charge is -2.30. The van der Waals surface area contributed by atoms with Gasteiger partial charge in [0.2, 0.25) is 0 Å². The zero-order valence-electron chi connectivity index (χ0n) is 20.8. The first-order valence-electron chi connectivity index (χ1n) is 12.0. The highest BCUT2D eigenvalue weighted by molar-refractivity contribution is 6.05. The van der Waals surface area contributed by atoms with Crippen molar-refractivity contribution in [3.63, 3.8) is 0 Å². The number of aliphatic hydroxyl groups excluding tert-OH is 1. The van der Waals surface area contributed by atoms with Crippen LogP contribution in [0.1, 0.15) is 5.56 Å². The van der Waals surface area contributed by atoms with Gasteiger partial charge in [-0.05, 0) is 54.6 Å². The van der Waals surface area contributed by atoms with E-state index in [0.29, 0.717) is 10.6 Å². The molecule has 14 heteroatoms. The van der Waals surface area contributed by atoms with Gasteiger partial charge in [0.1, 0.15) is 23.9 Å². The van der Waals surface area contributed by atoms with E-state index in [0.717, 1.165) is 6.07 Å². The second kappa shape index (κ2) is 10.9. The molecule has 3 aromatic rings. The Balaban J connectivity index is 1.29. The highest BCUT2D eigenvalue weighted by Gasteiger charge is 2.36. The van der Waals surface area contributed by atoms with Crippen molar-refractivity contribution in [2.75, 3.05) is 22.1 Å². The molecule has 0 saturated heterocycles. The lowest BCUT2D eigenvalue weighted by Crippen LogP contribution is -2.44. The monoisotopic (exact) mass is 573 g/mol. The van der Waals surface area contributed by atoms with Crippen LogP contribution in [0.15, 0.2) is 78.7 Å². The minimum Gasteiger partial charge on any atom is -0.454 e. The van der Waals surface area contributed by atoms with Gasteiger partial charge in [-0.25, -0.2) is 18.6 Å². The normalized spacial score (nSPS) is 16.6. The Bertz CT molecular complexity index is 1560. The molecule has 5 rings (SSSR count). The molecule has 1 aromatic heterocycles. The highest BCUT2D eigenvalue weighted by atomic mass is 19.4. The number of nitrogens with zero attached hydrogens (tertiary/aromatic N) is 3. The second-order valence-corrected chi connectivity index (χ2v) is 8.96. The first-order chi connectivity index (χ1) is 19.5. The molecule has 0 fully saturated rings. The molecule has 0 spiro atoms. The van der Waals surface area contributed by atoms with Crippen molar-refractivity contribution in [2.24, 2.45) is 0 Å². The first-order valence-corrected chi connectivity index (χ1v) is 12.0. The third-order valence-electron chi connectivity index (χ3n) is 6.11. The van der Waals surface area contributed by atoms with Crippen molar-refractivity contribution >= 4 is 29.1 Å². The van der Waals surface area contributed by atoms with E-state index < -0.39 is 49.1 Å². The van der Waals surface area contributed by atoms with Crippen molar-refractivity contribution in [3.8, 4) is 11.5 Å². The number of amides is 3. The molecule has 2 aliphatic rings. The van der Waals surface area contributed by atoms with E-state index in [1.807, 2.05) is 0 Å². The summed E-state index contributed by atoms with van der Waals surface area (Å²) in [6.07, 6.45) is -0.409. The summed E-state index contributed by atoms with van der Waals surface area (Å²) < 4.78 is 72.5. The summed E-state index contributed by atoms with van der Waals surface area (Å²) in [6, 6.07) is 9.08. The molecule has 3 heterocycles. The lowest BCUT2D eigenvalue weighted by atomic mass is 10.1. The predicted molar refractivity (Wildman–Crippen MR) is 137 cm³/mol. The fraction of sp³-hybridized carbons (Fsp3) is 0.148. The average Bonchev–Trinajstić information content (AvgIpc) is 2.91. The number of fused-ring (bicyclic) bond motifs is 1. The Kier molecular flexibility index (Phi) is 7.32. The molecular weight excluding hydrogens is 553 g/mol. The number of halogens is 5. The van der Waals surface area contributed by atoms with E-state index in [1.54, 1.807) is 0 Å². The van der Waals surface area contributed by atoms with Crippen LogP contribution < -0.4 is 20.3 Å². The van der Waals surface area contributed by atoms with Gasteiger partial charge in [-0.2, -0.15) is 13.2 Å². The van der Waals surface area contributed by atoms with Gasteiger partial charge < -0.3 is 25.0 Å². The van der Waals surface area contributed by atoms with E-state index >= 15 is 0 Å². The first kappa shape index (κ1) is 27.6. The summed E-state index contributed by atoms with van der Waals surface area (Å²) in [4.78, 5) is 30.7. The van der Waals surface area contributed by atoms with E-state index in [2.05, 4.69) is 15.6 Å². The van der Waals surface area contributed by atoms with Crippen LogP contribution in [0.25, 0.3) is 0 Å². The summed E-state index contributed by atoms with van der Waals surface area (Å²) in [7, 11) is 0. The molecule has 0 saturated carbocycles. The predicted octanol–water partition coefficient (Wildman–Crippen LogP) is 5.28. The number of alkyl halides is 3. The molecule has 0 aliphatic carbocycles. The van der Waals surface area contributed by atoms with E-state index in [1.165, 1.54) is 71.9 Å². The average molecular weight is 573 g/mol. The van der Waals surface area contributed by atoms with Gasteiger partial charge in [0, 0.05) is 29.8 Å². The Hall–Kier alpha value is -4.98. The molecule has 1 unspecified atom stereocenters. The number of ether oxygens (including phenoxy) is 1. The molecule has 3 N–H and O–H groups in total. The van der Waals surface area contributed by atoms with Crippen LogP contribution in [0.5, 0.6) is 11.5 Å². The smallest absolute Gasteiger partial charge is 0.406 e. The quantitative estimate of drug-likeness (QED) is 0.347. The van der Waals surface area contributed by atoms with Crippen LogP contribution in [0.3, 0.4) is 0 Å². The Morgan fingerprint density at radius 2 is 1.88 bits per heavy atom. The molecule has 2 aliphatic heterocycles. The Morgan fingerprint density at radius 3 is 2.59 bits per heavy atom. The number of hydrogen-bond donors (Lipinski definition) is 3. The van der Waals surface area contributed by atoms with Crippen molar-refractivity contribution in [3.05, 3.63) is 95.9 Å². The van der Waals surface area contributed by atoms with Gasteiger partial charge in [0.25, 0.3) is 5.91 Å². The highest BCUT2D eigenvalue weighted by Crippen LogP contribution is 2.35. The number of hydrogen-bond acceptors (Lipinski definition) is 6. The fourth-order valence-electron chi connectivity index (χ4n) is 4.19. The maximum absolute atomic E-state index is 15.0. The number of aliphatic hydroxyl groups is 1. The minimum atomic E-state index is -4.64. The standard InChI is InChI=1S/C27H20F5N5O4/c28-15-3-6-17(7-4-15)37-11-1-2-18(25(37)39)24(38)34-16-5-8-22(20(29)12-16)41-21-9-10-33-23-19(21)13-36(26(40)35-23)14-27(30,31)32/h1-12,25,39H,13-14H2,(H,34,38)(H,33,35,40). The molecule has 1 atom stereocenters. The van der Waals surface area contributed by atoms with Crippen LogP contribution in [0.2, 0.25) is 0 Å². The number of benzene rings is 2. The number of allylic oxidation sites excluding steroid dienone is 2. The SMILES string of the molecule is O=C(Nc1ccc(Oc2ccnc3c2CN(CC(F)(F)F)C(=O)N3)c(F)c1)C1=CC=CN(c2ccc(F)cc2)C1O. The molecular formula is C27H20F5N5O4. The number of rotatable bonds is 6. The Labute approximate surface area is 229 Å². The van der Waals surface area contributed by atoms with Crippen LogP contribution >= 0.6 is 0 Å². The zero-order valence-corrected chi connectivity index (χ0v) is 20.8. The van der Waals surface area contributed by atoms with Crippen LogP contribution in [0.4, 0.5) is 43.9 Å². The van der Waals surface area contributed by atoms with Crippen LogP contribution in [-0.4, -0.2) is 45.9 Å². The fourth-order valence-corrected chi connectivity index (χ4v) is 4.19. The zero-order chi connectivity index (χ0) is 29.3. The third-order valence-corrected chi connectivity index (χ3v) is 6.11. The molecule has 9 nitrogen and oxygen atoms in total. The van der Waals surface area contributed by atoms with Crippen molar-refractivity contribution in [1.29, 1.82) is 0 Å². The van der Waals surface area contributed by atoms with Crippen molar-refractivity contribution < 1.29 is 41.4 Å². The van der Waals surface area contributed by atoms with Gasteiger partial charge in [-0.15, -0.1) is 0 Å². The van der Waals surface area contributed by atoms with Gasteiger partial charge in [0.15, 0.2) is 17.8 Å². The van der Waals surface area contributed by atoms with E-state index in [-0.39, 0.29) is 34.1 Å². The number of urea groups is 1. The second-order valence-electron chi connectivity index (χ2n) is 8.96. The van der Waals surface area contributed by atoms with Crippen LogP contribution in [-0.2, 0) is 11.3 Å². The Morgan fingerprint density at radius 1 is 1.12 bits per heavy atom. The summed E-state index contributed by atoms with van der Waals surface area (Å²) in [5.74, 6) is -2.46. The maximum atomic E-state index is 15.0.